The first-order chi connectivity index (χ1) is 7.40. The minimum absolute atomic E-state index is 0.0278. The van der Waals surface area contributed by atoms with Crippen molar-refractivity contribution in [3.05, 3.63) is 12.7 Å². The van der Waals surface area contributed by atoms with Crippen LogP contribution in [0.15, 0.2) is 12.7 Å². The number of carbonyl (C=O) groups is 2. The molecule has 0 spiro atoms. The van der Waals surface area contributed by atoms with Crippen LogP contribution < -0.4 is 5.32 Å². The van der Waals surface area contributed by atoms with Crippen molar-refractivity contribution in [2.75, 3.05) is 13.1 Å². The maximum Gasteiger partial charge on any atom is 0.334 e. The molecule has 1 unspecified atom stereocenters. The van der Waals surface area contributed by atoms with Crippen LogP contribution in [0.3, 0.4) is 0 Å². The molecule has 0 fully saturated rings. The third-order valence-electron chi connectivity index (χ3n) is 1.94. The number of hydrogen-bond donors (Lipinski definition) is 3. The van der Waals surface area contributed by atoms with Crippen molar-refractivity contribution in [1.29, 1.82) is 0 Å². The molecule has 2 amide bonds. The normalized spacial score (nSPS) is 12.0. The fourth-order valence-corrected chi connectivity index (χ4v) is 1.04. The van der Waals surface area contributed by atoms with Crippen LogP contribution in [0.5, 0.6) is 0 Å². The van der Waals surface area contributed by atoms with Gasteiger partial charge >= 0.3 is 12.0 Å². The van der Waals surface area contributed by atoms with E-state index in [0.29, 0.717) is 6.54 Å². The number of amides is 2. The standard InChI is InChI=1S/C10H18N2O4/c1-4-5-12(7(2)3)10(16)11-6-8(13)9(14)15/h4,7-8,13H,1,5-6H2,2-3H3,(H,11,16)(H,14,15). The van der Waals surface area contributed by atoms with E-state index < -0.39 is 18.1 Å². The summed E-state index contributed by atoms with van der Waals surface area (Å²) in [7, 11) is 0. The molecule has 0 rings (SSSR count). The lowest BCUT2D eigenvalue weighted by Crippen LogP contribution is -2.47. The molecular formula is C10H18N2O4. The molecule has 0 saturated carbocycles. The van der Waals surface area contributed by atoms with Gasteiger partial charge in [-0.25, -0.2) is 9.59 Å². The van der Waals surface area contributed by atoms with Gasteiger partial charge in [0.1, 0.15) is 0 Å². The molecule has 16 heavy (non-hydrogen) atoms. The highest BCUT2D eigenvalue weighted by molar-refractivity contribution is 5.77. The lowest BCUT2D eigenvalue weighted by atomic mass is 10.3. The highest BCUT2D eigenvalue weighted by Gasteiger charge is 2.18. The number of nitrogens with zero attached hydrogens (tertiary/aromatic N) is 1. The Bertz CT molecular complexity index is 266. The first-order valence-electron chi connectivity index (χ1n) is 4.96. The minimum Gasteiger partial charge on any atom is -0.479 e. The summed E-state index contributed by atoms with van der Waals surface area (Å²) in [5, 5.41) is 19.7. The van der Waals surface area contributed by atoms with Gasteiger partial charge in [-0.1, -0.05) is 6.08 Å². The monoisotopic (exact) mass is 230 g/mol. The Hall–Kier alpha value is -1.56. The average molecular weight is 230 g/mol. The van der Waals surface area contributed by atoms with Gasteiger partial charge in [0.15, 0.2) is 6.10 Å². The molecule has 3 N–H and O–H groups in total. The van der Waals surface area contributed by atoms with E-state index in [1.54, 1.807) is 6.08 Å². The first kappa shape index (κ1) is 14.4. The summed E-state index contributed by atoms with van der Waals surface area (Å²) in [6, 6.07) is -0.449. The van der Waals surface area contributed by atoms with Gasteiger partial charge in [0, 0.05) is 12.6 Å². The van der Waals surface area contributed by atoms with Crippen LogP contribution in [0.25, 0.3) is 0 Å². The summed E-state index contributed by atoms with van der Waals surface area (Å²) < 4.78 is 0. The molecule has 0 aliphatic rings. The second-order valence-electron chi connectivity index (χ2n) is 3.57. The van der Waals surface area contributed by atoms with E-state index in [1.165, 1.54) is 4.90 Å². The molecule has 6 heteroatoms. The Morgan fingerprint density at radius 1 is 1.50 bits per heavy atom. The Morgan fingerprint density at radius 2 is 2.06 bits per heavy atom. The molecule has 0 aromatic heterocycles. The van der Waals surface area contributed by atoms with Crippen LogP contribution in [0, 0.1) is 0 Å². The molecule has 0 aromatic carbocycles. The quantitative estimate of drug-likeness (QED) is 0.562. The number of nitrogens with one attached hydrogen (secondary N) is 1. The molecule has 92 valence electrons. The van der Waals surface area contributed by atoms with Crippen molar-refractivity contribution in [2.45, 2.75) is 26.0 Å². The van der Waals surface area contributed by atoms with E-state index in [9.17, 15) is 9.59 Å². The van der Waals surface area contributed by atoms with Gasteiger partial charge in [-0.2, -0.15) is 0 Å². The van der Waals surface area contributed by atoms with Gasteiger partial charge in [-0.3, -0.25) is 0 Å². The molecule has 6 nitrogen and oxygen atoms in total. The number of carboxylic acids is 1. The Morgan fingerprint density at radius 3 is 2.44 bits per heavy atom. The zero-order chi connectivity index (χ0) is 12.7. The van der Waals surface area contributed by atoms with Gasteiger partial charge in [0.2, 0.25) is 0 Å². The summed E-state index contributed by atoms with van der Waals surface area (Å²) >= 11 is 0. The molecule has 0 aromatic rings. The van der Waals surface area contributed by atoms with Crippen molar-refractivity contribution < 1.29 is 19.8 Å². The first-order valence-corrected chi connectivity index (χ1v) is 4.96. The van der Waals surface area contributed by atoms with Crippen LogP contribution >= 0.6 is 0 Å². The lowest BCUT2D eigenvalue weighted by Gasteiger charge is -2.25. The van der Waals surface area contributed by atoms with Gasteiger partial charge < -0.3 is 20.4 Å². The lowest BCUT2D eigenvalue weighted by molar-refractivity contribution is -0.146. The summed E-state index contributed by atoms with van der Waals surface area (Å²) in [6.07, 6.45) is -0.00517. The number of carbonyl (C=O) groups excluding carboxylic acids is 1. The molecular weight excluding hydrogens is 212 g/mol. The molecule has 0 bridgehead atoms. The van der Waals surface area contributed by atoms with Crippen LogP contribution in [-0.2, 0) is 4.79 Å². The van der Waals surface area contributed by atoms with Gasteiger partial charge in [0.05, 0.1) is 6.54 Å². The van der Waals surface area contributed by atoms with Gasteiger partial charge in [-0.05, 0) is 13.8 Å². The smallest absolute Gasteiger partial charge is 0.334 e. The van der Waals surface area contributed by atoms with E-state index in [4.69, 9.17) is 10.2 Å². The SMILES string of the molecule is C=CCN(C(=O)NCC(O)C(=O)O)C(C)C. The van der Waals surface area contributed by atoms with Crippen LogP contribution in [-0.4, -0.2) is 52.3 Å². The molecule has 0 radical (unpaired) electrons. The van der Waals surface area contributed by atoms with Crippen LogP contribution in [0.1, 0.15) is 13.8 Å². The van der Waals surface area contributed by atoms with Crippen molar-refractivity contribution in [3.8, 4) is 0 Å². The molecule has 0 heterocycles. The number of hydrogen-bond acceptors (Lipinski definition) is 3. The molecule has 0 aliphatic heterocycles. The maximum atomic E-state index is 11.6. The maximum absolute atomic E-state index is 11.6. The number of aliphatic carboxylic acids is 1. The number of aliphatic hydroxyl groups is 1. The average Bonchev–Trinajstić information content (AvgIpc) is 2.21. The number of carboxylic acid groups (broad SMARTS) is 1. The fourth-order valence-electron chi connectivity index (χ4n) is 1.04. The fraction of sp³-hybridized carbons (Fsp3) is 0.600. The zero-order valence-electron chi connectivity index (χ0n) is 9.51. The highest BCUT2D eigenvalue weighted by Crippen LogP contribution is 1.98. The van der Waals surface area contributed by atoms with Crippen molar-refractivity contribution >= 4 is 12.0 Å². The number of rotatable bonds is 6. The number of urea groups is 1. The summed E-state index contributed by atoms with van der Waals surface area (Å²) in [6.45, 7) is 7.24. The van der Waals surface area contributed by atoms with E-state index in [2.05, 4.69) is 11.9 Å². The van der Waals surface area contributed by atoms with E-state index >= 15 is 0 Å². The van der Waals surface area contributed by atoms with Crippen molar-refractivity contribution in [2.24, 2.45) is 0 Å². The molecule has 0 saturated heterocycles. The second kappa shape index (κ2) is 6.84. The Kier molecular flexibility index (Phi) is 6.17. The van der Waals surface area contributed by atoms with Gasteiger partial charge in [0.25, 0.3) is 0 Å². The molecule has 1 atom stereocenters. The zero-order valence-corrected chi connectivity index (χ0v) is 9.51. The summed E-state index contributed by atoms with van der Waals surface area (Å²) in [4.78, 5) is 23.3. The third-order valence-corrected chi connectivity index (χ3v) is 1.94. The second-order valence-corrected chi connectivity index (χ2v) is 3.57. The Balaban J connectivity index is 4.21. The summed E-state index contributed by atoms with van der Waals surface area (Å²) in [5.74, 6) is -1.36. The third kappa shape index (κ3) is 4.79. The van der Waals surface area contributed by atoms with Crippen molar-refractivity contribution in [1.82, 2.24) is 10.2 Å². The Labute approximate surface area is 94.6 Å². The van der Waals surface area contributed by atoms with Crippen LogP contribution in [0.2, 0.25) is 0 Å². The number of aliphatic hydroxyl groups excluding tert-OH is 1. The van der Waals surface area contributed by atoms with E-state index in [-0.39, 0.29) is 12.6 Å². The predicted molar refractivity (Wildman–Crippen MR) is 59.1 cm³/mol. The topological polar surface area (TPSA) is 89.9 Å². The van der Waals surface area contributed by atoms with E-state index in [1.807, 2.05) is 13.8 Å². The van der Waals surface area contributed by atoms with E-state index in [0.717, 1.165) is 0 Å². The predicted octanol–water partition coefficient (Wildman–Crippen LogP) is 0.0379. The largest absolute Gasteiger partial charge is 0.479 e. The van der Waals surface area contributed by atoms with Crippen LogP contribution in [0.4, 0.5) is 4.79 Å². The van der Waals surface area contributed by atoms with Gasteiger partial charge in [-0.15, -0.1) is 6.58 Å². The molecule has 0 aliphatic carbocycles. The highest BCUT2D eigenvalue weighted by atomic mass is 16.4. The minimum atomic E-state index is -1.58. The van der Waals surface area contributed by atoms with Crippen molar-refractivity contribution in [3.63, 3.8) is 0 Å². The summed E-state index contributed by atoms with van der Waals surface area (Å²) in [5.41, 5.74) is 0.